The van der Waals surface area contributed by atoms with Crippen molar-refractivity contribution in [2.75, 3.05) is 20.2 Å². The minimum atomic E-state index is -4.33. The molecule has 0 aliphatic carbocycles. The van der Waals surface area contributed by atoms with Crippen LogP contribution < -0.4 is 20.4 Å². The first-order valence-electron chi connectivity index (χ1n) is 12.6. The minimum absolute atomic E-state index is 0. The monoisotopic (exact) mass is 591 g/mol. The van der Waals surface area contributed by atoms with Gasteiger partial charge in [-0.25, -0.2) is 4.79 Å². The summed E-state index contributed by atoms with van der Waals surface area (Å²) in [7, 11) is 1.85. The molecule has 41 heavy (non-hydrogen) atoms. The number of benzene rings is 3. The number of aromatic hydroxyl groups is 1. The summed E-state index contributed by atoms with van der Waals surface area (Å²) in [5.74, 6) is 0.755. The van der Waals surface area contributed by atoms with Crippen LogP contribution in [0.3, 0.4) is 0 Å². The van der Waals surface area contributed by atoms with E-state index in [4.69, 9.17) is 13.9 Å². The zero-order valence-corrected chi connectivity index (χ0v) is 23.7. The number of phenols is 1. The molecule has 10 heteroatoms. The van der Waals surface area contributed by atoms with E-state index < -0.39 is 17.4 Å². The lowest BCUT2D eigenvalue weighted by Crippen LogP contribution is -2.16. The van der Waals surface area contributed by atoms with Crippen molar-refractivity contribution in [2.45, 2.75) is 32.5 Å². The summed E-state index contributed by atoms with van der Waals surface area (Å²) in [5, 5.41) is 13.5. The van der Waals surface area contributed by atoms with E-state index in [0.29, 0.717) is 29.1 Å². The van der Waals surface area contributed by atoms with Crippen molar-refractivity contribution in [3.05, 3.63) is 112 Å². The molecule has 0 aliphatic rings. The highest BCUT2D eigenvalue weighted by Crippen LogP contribution is 2.32. The molecular weight excluding hydrogens is 559 g/mol. The Balaban J connectivity index is 0.000000285. The second kappa shape index (κ2) is 15.7. The normalized spacial score (nSPS) is 11.5. The molecule has 0 amide bonds. The number of phenolic OH excluding ortho intramolecular Hbond substituents is 1. The maximum absolute atomic E-state index is 12.6. The summed E-state index contributed by atoms with van der Waals surface area (Å²) >= 11 is 0. The zero-order valence-electron chi connectivity index (χ0n) is 22.9. The number of nitrogens with one attached hydrogen (secondary N) is 1. The Morgan fingerprint density at radius 3 is 2.32 bits per heavy atom. The van der Waals surface area contributed by atoms with E-state index in [1.165, 1.54) is 30.3 Å². The number of alkyl halides is 3. The zero-order chi connectivity index (χ0) is 29.1. The van der Waals surface area contributed by atoms with Crippen molar-refractivity contribution in [2.24, 2.45) is 0 Å². The van der Waals surface area contributed by atoms with Crippen molar-refractivity contribution in [1.82, 2.24) is 5.32 Å². The van der Waals surface area contributed by atoms with Gasteiger partial charge in [0.25, 0.3) is 0 Å². The number of hydrogen-bond acceptors (Lipinski definition) is 6. The maximum atomic E-state index is 12.6. The molecular formula is C31H33ClF3NO5. The number of hydrogen-bond donors (Lipinski definition) is 2. The van der Waals surface area contributed by atoms with Gasteiger partial charge in [0.2, 0.25) is 0 Å². The largest absolute Gasteiger partial charge is 0.504 e. The van der Waals surface area contributed by atoms with Crippen molar-refractivity contribution in [1.29, 1.82) is 0 Å². The van der Waals surface area contributed by atoms with E-state index in [9.17, 15) is 23.1 Å². The Labute approximate surface area is 242 Å². The highest BCUT2D eigenvalue weighted by atomic mass is 35.5. The van der Waals surface area contributed by atoms with Crippen LogP contribution in [0.15, 0.2) is 99.7 Å². The predicted molar refractivity (Wildman–Crippen MR) is 156 cm³/mol. The molecule has 0 saturated heterocycles. The molecule has 1 unspecified atom stereocenters. The minimum Gasteiger partial charge on any atom is -0.504 e. The van der Waals surface area contributed by atoms with Gasteiger partial charge in [-0.15, -0.1) is 12.4 Å². The van der Waals surface area contributed by atoms with Crippen LogP contribution in [0.1, 0.15) is 37.5 Å². The van der Waals surface area contributed by atoms with Gasteiger partial charge in [0.1, 0.15) is 24.0 Å². The van der Waals surface area contributed by atoms with Gasteiger partial charge < -0.3 is 24.3 Å². The molecule has 0 spiro atoms. The topological polar surface area (TPSA) is 80.9 Å². The molecule has 0 fully saturated rings. The van der Waals surface area contributed by atoms with Crippen LogP contribution in [-0.4, -0.2) is 25.3 Å². The van der Waals surface area contributed by atoms with Gasteiger partial charge >= 0.3 is 11.8 Å². The smallest absolute Gasteiger partial charge is 0.416 e. The third-order valence-electron chi connectivity index (χ3n) is 5.72. The molecule has 6 nitrogen and oxygen atoms in total. The standard InChI is InChI=1S/C17H18F3NO.C14H14O4.ClH/c1-21-12-11-16(13-5-3-2-4-6-13)22-15-9-7-14(8-10-15)17(18,19)20;1-9(2)5-6-17-13-8-12-10(7-11(13)15)3-4-14(16)18-12;/h2-10,16,21H,11-12H2,1H3;3-5,7-8,15H,6H2,1-2H3;1H. The van der Waals surface area contributed by atoms with E-state index in [-0.39, 0.29) is 24.3 Å². The van der Waals surface area contributed by atoms with Crippen LogP contribution in [0.5, 0.6) is 17.2 Å². The van der Waals surface area contributed by atoms with Crippen molar-refractivity contribution in [3.63, 3.8) is 0 Å². The lowest BCUT2D eigenvalue weighted by molar-refractivity contribution is -0.137. The molecule has 0 aliphatic heterocycles. The van der Waals surface area contributed by atoms with E-state index in [0.717, 1.165) is 36.2 Å². The molecule has 220 valence electrons. The van der Waals surface area contributed by atoms with Crippen LogP contribution in [-0.2, 0) is 6.18 Å². The second-order valence-electron chi connectivity index (χ2n) is 9.14. The Morgan fingerprint density at radius 1 is 1.02 bits per heavy atom. The van der Waals surface area contributed by atoms with E-state index in [1.54, 1.807) is 6.07 Å². The Bertz CT molecular complexity index is 1450. The van der Waals surface area contributed by atoms with Gasteiger partial charge in [-0.1, -0.05) is 35.9 Å². The average Bonchev–Trinajstić information content (AvgIpc) is 2.92. The van der Waals surface area contributed by atoms with E-state index >= 15 is 0 Å². The lowest BCUT2D eigenvalue weighted by atomic mass is 10.1. The molecule has 2 N–H and O–H groups in total. The van der Waals surface area contributed by atoms with Gasteiger partial charge in [0, 0.05) is 23.9 Å². The number of allylic oxidation sites excluding steroid dienone is 1. The summed E-state index contributed by atoms with van der Waals surface area (Å²) in [6.07, 6.45) is -1.92. The second-order valence-corrected chi connectivity index (χ2v) is 9.14. The van der Waals surface area contributed by atoms with Crippen molar-refractivity contribution < 1.29 is 32.2 Å². The first-order chi connectivity index (χ1) is 19.1. The third kappa shape index (κ3) is 10.5. The van der Waals surface area contributed by atoms with Crippen LogP contribution in [0, 0.1) is 0 Å². The fourth-order valence-corrected chi connectivity index (χ4v) is 3.62. The SMILES string of the molecule is CC(C)=CCOc1cc2oc(=O)ccc2cc1O.CNCCC(Oc1ccc(C(F)(F)F)cc1)c1ccccc1.Cl. The molecule has 0 saturated carbocycles. The first-order valence-corrected chi connectivity index (χ1v) is 12.6. The van der Waals surface area contributed by atoms with Gasteiger partial charge in [0.15, 0.2) is 11.5 Å². The number of halogens is 4. The molecule has 3 aromatic carbocycles. The van der Waals surface area contributed by atoms with E-state index in [1.807, 2.05) is 57.3 Å². The van der Waals surface area contributed by atoms with Crippen LogP contribution in [0.4, 0.5) is 13.2 Å². The quantitative estimate of drug-likeness (QED) is 0.153. The maximum Gasteiger partial charge on any atom is 0.416 e. The Hall–Kier alpha value is -3.95. The Kier molecular flexibility index (Phi) is 12.8. The highest BCUT2D eigenvalue weighted by molar-refractivity contribution is 5.85. The predicted octanol–water partition coefficient (Wildman–Crippen LogP) is 7.70. The van der Waals surface area contributed by atoms with Gasteiger partial charge in [-0.2, -0.15) is 13.2 Å². The summed E-state index contributed by atoms with van der Waals surface area (Å²) in [6.45, 7) is 5.03. The van der Waals surface area contributed by atoms with Gasteiger partial charge in [0.05, 0.1) is 5.56 Å². The van der Waals surface area contributed by atoms with Crippen molar-refractivity contribution in [3.8, 4) is 17.2 Å². The molecule has 1 heterocycles. The number of fused-ring (bicyclic) bond motifs is 1. The average molecular weight is 592 g/mol. The number of rotatable bonds is 9. The van der Waals surface area contributed by atoms with Crippen LogP contribution in [0.2, 0.25) is 0 Å². The highest BCUT2D eigenvalue weighted by Gasteiger charge is 2.30. The molecule has 1 atom stereocenters. The van der Waals surface area contributed by atoms with Gasteiger partial charge in [-0.05, 0) is 75.5 Å². The van der Waals surface area contributed by atoms with Gasteiger partial charge in [-0.3, -0.25) is 0 Å². The molecule has 4 rings (SSSR count). The summed E-state index contributed by atoms with van der Waals surface area (Å²) in [6, 6.07) is 20.4. The summed E-state index contributed by atoms with van der Waals surface area (Å²) in [4.78, 5) is 11.1. The third-order valence-corrected chi connectivity index (χ3v) is 5.72. The Morgan fingerprint density at radius 2 is 1.71 bits per heavy atom. The molecule has 0 bridgehead atoms. The summed E-state index contributed by atoms with van der Waals surface area (Å²) < 4.78 is 54.0. The summed E-state index contributed by atoms with van der Waals surface area (Å²) in [5.41, 5.74) is 1.42. The fraction of sp³-hybridized carbons (Fsp3) is 0.258. The number of ether oxygens (including phenoxy) is 2. The van der Waals surface area contributed by atoms with Crippen LogP contribution in [0.25, 0.3) is 11.0 Å². The molecule has 0 radical (unpaired) electrons. The molecule has 4 aromatic rings. The lowest BCUT2D eigenvalue weighted by Gasteiger charge is -2.20. The van der Waals surface area contributed by atoms with Crippen molar-refractivity contribution >= 4 is 23.4 Å². The van der Waals surface area contributed by atoms with E-state index in [2.05, 4.69) is 5.32 Å². The first kappa shape index (κ1) is 33.3. The van der Waals surface area contributed by atoms with Crippen LogP contribution >= 0.6 is 12.4 Å². The fourth-order valence-electron chi connectivity index (χ4n) is 3.62. The molecule has 1 aromatic heterocycles.